The van der Waals surface area contributed by atoms with Gasteiger partial charge in [0, 0.05) is 32.4 Å². The quantitative estimate of drug-likeness (QED) is 0.146. The fourth-order valence-corrected chi connectivity index (χ4v) is 9.96. The predicted molar refractivity (Wildman–Crippen MR) is 251 cm³/mol. The molecule has 10 aromatic carbocycles. The van der Waals surface area contributed by atoms with Crippen LogP contribution in [-0.2, 0) is 0 Å². The Morgan fingerprint density at radius 1 is 0.276 bits per heavy atom. The lowest BCUT2D eigenvalue weighted by Gasteiger charge is -2.26. The summed E-state index contributed by atoms with van der Waals surface area (Å²) in [6.07, 6.45) is 0. The lowest BCUT2D eigenvalue weighted by Crippen LogP contribution is -2.10. The maximum absolute atomic E-state index is 2.44. The largest absolute Gasteiger partial charge is 0.309 e. The first-order valence-electron chi connectivity index (χ1n) is 19.8. The van der Waals surface area contributed by atoms with Crippen LogP contribution in [0.4, 0.5) is 17.1 Å². The summed E-state index contributed by atoms with van der Waals surface area (Å²) in [6.45, 7) is 0. The van der Waals surface area contributed by atoms with E-state index in [1.54, 1.807) is 0 Å². The molecule has 58 heavy (non-hydrogen) atoms. The summed E-state index contributed by atoms with van der Waals surface area (Å²) in [5, 5.41) is 7.62. The summed E-state index contributed by atoms with van der Waals surface area (Å²) >= 11 is 1.89. The zero-order chi connectivity index (χ0) is 38.4. The Kier molecular flexibility index (Phi) is 8.42. The second-order valence-corrected chi connectivity index (χ2v) is 15.9. The third-order valence-corrected chi connectivity index (χ3v) is 12.7. The van der Waals surface area contributed by atoms with Gasteiger partial charge in [0.1, 0.15) is 0 Å². The van der Waals surface area contributed by atoms with E-state index in [0.717, 1.165) is 17.1 Å². The van der Waals surface area contributed by atoms with Gasteiger partial charge in [0.2, 0.25) is 0 Å². The number of benzene rings is 10. The van der Waals surface area contributed by atoms with Crippen molar-refractivity contribution in [2.24, 2.45) is 0 Å². The van der Waals surface area contributed by atoms with Crippen LogP contribution in [0.1, 0.15) is 0 Å². The van der Waals surface area contributed by atoms with Crippen molar-refractivity contribution in [1.29, 1.82) is 0 Å². The third-order valence-electron chi connectivity index (χ3n) is 11.4. The first kappa shape index (κ1) is 34.0. The van der Waals surface area contributed by atoms with Crippen molar-refractivity contribution >= 4 is 70.1 Å². The van der Waals surface area contributed by atoms with Gasteiger partial charge < -0.3 is 4.90 Å². The Hall–Kier alpha value is -7.26. The lowest BCUT2D eigenvalue weighted by atomic mass is 9.93. The minimum Gasteiger partial charge on any atom is -0.309 e. The van der Waals surface area contributed by atoms with Gasteiger partial charge in [-0.25, -0.2) is 0 Å². The molecule has 0 saturated heterocycles. The van der Waals surface area contributed by atoms with E-state index in [1.807, 2.05) is 11.3 Å². The van der Waals surface area contributed by atoms with Crippen LogP contribution in [0.3, 0.4) is 0 Å². The molecule has 0 atom stereocenters. The number of rotatable bonds is 7. The molecular weight excluding hydrogens is 719 g/mol. The number of hydrogen-bond donors (Lipinski definition) is 0. The van der Waals surface area contributed by atoms with Crippen LogP contribution in [0.2, 0.25) is 0 Å². The molecule has 0 N–H and O–H groups in total. The molecule has 11 aromatic rings. The monoisotopic (exact) mass is 755 g/mol. The van der Waals surface area contributed by atoms with Crippen molar-refractivity contribution in [3.05, 3.63) is 224 Å². The van der Waals surface area contributed by atoms with Crippen molar-refractivity contribution in [3.8, 4) is 44.5 Å². The molecule has 1 aromatic heterocycles. The molecule has 1 heterocycles. The molecule has 0 aliphatic carbocycles. The highest BCUT2D eigenvalue weighted by Gasteiger charge is 2.21. The minimum absolute atomic E-state index is 1.11. The van der Waals surface area contributed by atoms with Gasteiger partial charge >= 0.3 is 0 Å². The van der Waals surface area contributed by atoms with Crippen LogP contribution < -0.4 is 4.90 Å². The van der Waals surface area contributed by atoms with E-state index in [4.69, 9.17) is 0 Å². The molecule has 0 aliphatic heterocycles. The van der Waals surface area contributed by atoms with Gasteiger partial charge in [-0.05, 0) is 109 Å². The van der Waals surface area contributed by atoms with E-state index < -0.39 is 0 Å². The Bertz CT molecular complexity index is 3240. The number of fused-ring (bicyclic) bond motifs is 6. The molecular formula is C56H37NS. The number of anilines is 3. The average molecular weight is 756 g/mol. The summed E-state index contributed by atoms with van der Waals surface area (Å²) < 4.78 is 2.56. The summed E-state index contributed by atoms with van der Waals surface area (Å²) in [5.41, 5.74) is 13.2. The Morgan fingerprint density at radius 2 is 0.776 bits per heavy atom. The number of hydrogen-bond acceptors (Lipinski definition) is 2. The second-order valence-electron chi connectivity index (χ2n) is 14.9. The SMILES string of the molecule is c1ccc(-c2ccc(N(c3ccc(-c4cc5ccccc5c5ccccc45)cc3)c3cccc4c3sc3c(-c5ccccc5)cc(-c5ccccc5)cc34)cc2)cc1. The molecule has 0 fully saturated rings. The minimum atomic E-state index is 1.11. The van der Waals surface area contributed by atoms with Crippen LogP contribution in [0.15, 0.2) is 224 Å². The topological polar surface area (TPSA) is 3.24 Å². The maximum atomic E-state index is 2.44. The summed E-state index contributed by atoms with van der Waals surface area (Å²) in [5.74, 6) is 0. The highest BCUT2D eigenvalue weighted by molar-refractivity contribution is 7.27. The summed E-state index contributed by atoms with van der Waals surface area (Å²) in [6, 6.07) is 81.8. The van der Waals surface area contributed by atoms with Crippen molar-refractivity contribution in [3.63, 3.8) is 0 Å². The van der Waals surface area contributed by atoms with Gasteiger partial charge in [-0.1, -0.05) is 176 Å². The first-order chi connectivity index (χ1) is 28.8. The smallest absolute Gasteiger partial charge is 0.0640 e. The van der Waals surface area contributed by atoms with Gasteiger partial charge in [0.25, 0.3) is 0 Å². The molecule has 0 spiro atoms. The van der Waals surface area contributed by atoms with Crippen molar-refractivity contribution in [1.82, 2.24) is 0 Å². The van der Waals surface area contributed by atoms with E-state index in [0.29, 0.717) is 0 Å². The van der Waals surface area contributed by atoms with E-state index in [1.165, 1.54) is 86.2 Å². The zero-order valence-corrected chi connectivity index (χ0v) is 32.5. The van der Waals surface area contributed by atoms with E-state index in [-0.39, 0.29) is 0 Å². The molecule has 0 unspecified atom stereocenters. The zero-order valence-electron chi connectivity index (χ0n) is 31.7. The molecule has 0 aliphatic rings. The molecule has 11 rings (SSSR count). The fraction of sp³-hybridized carbons (Fsp3) is 0. The lowest BCUT2D eigenvalue weighted by molar-refractivity contribution is 1.30. The van der Waals surface area contributed by atoms with Crippen LogP contribution in [0.5, 0.6) is 0 Å². The first-order valence-corrected chi connectivity index (χ1v) is 20.7. The van der Waals surface area contributed by atoms with Gasteiger partial charge in [-0.2, -0.15) is 0 Å². The number of thiophene rings is 1. The summed E-state index contributed by atoms with van der Waals surface area (Å²) in [7, 11) is 0. The van der Waals surface area contributed by atoms with Crippen LogP contribution in [0.25, 0.3) is 86.2 Å². The Balaban J connectivity index is 1.11. The highest BCUT2D eigenvalue weighted by atomic mass is 32.1. The van der Waals surface area contributed by atoms with Crippen molar-refractivity contribution < 1.29 is 0 Å². The molecule has 0 radical (unpaired) electrons. The molecule has 0 saturated carbocycles. The van der Waals surface area contributed by atoms with Gasteiger partial charge in [0.05, 0.1) is 10.4 Å². The number of nitrogens with zero attached hydrogens (tertiary/aromatic N) is 1. The van der Waals surface area contributed by atoms with E-state index in [2.05, 4.69) is 229 Å². The van der Waals surface area contributed by atoms with Gasteiger partial charge in [0.15, 0.2) is 0 Å². The second kappa shape index (κ2) is 14.4. The standard InChI is InChI=1S/C56H37NS/c1-4-15-38(16-5-1)40-27-31-45(32-28-40)57(46-33-29-42(30-34-46)51-35-43-21-10-11-22-47(43)48-23-12-13-24-49(48)51)54-26-14-25-50-53-37-44(39-17-6-2-7-18-39)36-52(55(53)58-56(50)54)41-19-8-3-9-20-41/h1-37H. The molecule has 272 valence electrons. The normalized spacial score (nSPS) is 11.4. The average Bonchev–Trinajstić information content (AvgIpc) is 3.69. The van der Waals surface area contributed by atoms with E-state index in [9.17, 15) is 0 Å². The Morgan fingerprint density at radius 3 is 1.45 bits per heavy atom. The predicted octanol–water partition coefficient (Wildman–Crippen LogP) is 16.5. The maximum Gasteiger partial charge on any atom is 0.0640 e. The van der Waals surface area contributed by atoms with Crippen LogP contribution >= 0.6 is 11.3 Å². The molecule has 0 amide bonds. The molecule has 1 nitrogen and oxygen atoms in total. The van der Waals surface area contributed by atoms with E-state index >= 15 is 0 Å². The summed E-state index contributed by atoms with van der Waals surface area (Å²) in [4.78, 5) is 2.44. The Labute approximate surface area is 342 Å². The molecule has 2 heteroatoms. The highest BCUT2D eigenvalue weighted by Crippen LogP contribution is 2.49. The van der Waals surface area contributed by atoms with Crippen molar-refractivity contribution in [2.75, 3.05) is 4.90 Å². The van der Waals surface area contributed by atoms with Gasteiger partial charge in [-0.3, -0.25) is 0 Å². The van der Waals surface area contributed by atoms with Crippen LogP contribution in [0, 0.1) is 0 Å². The molecule has 0 bridgehead atoms. The van der Waals surface area contributed by atoms with Crippen molar-refractivity contribution in [2.45, 2.75) is 0 Å². The third kappa shape index (κ3) is 5.94. The van der Waals surface area contributed by atoms with Crippen LogP contribution in [-0.4, -0.2) is 0 Å². The van der Waals surface area contributed by atoms with Gasteiger partial charge in [-0.15, -0.1) is 11.3 Å². The fourth-order valence-electron chi connectivity index (χ4n) is 8.63.